The van der Waals surface area contributed by atoms with Crippen molar-refractivity contribution in [2.75, 3.05) is 17.2 Å². The molecular formula is C25H26N6O3. The SMILES string of the molecule is CCN(C(=O)c1cnn(-c2cccc(C)c2)c1C)c1c(N)n(Cc2ccccc2)c(=O)[nH]c1=O. The number of benzene rings is 2. The van der Waals surface area contributed by atoms with Gasteiger partial charge in [-0.05, 0) is 44.0 Å². The molecule has 4 aromatic rings. The van der Waals surface area contributed by atoms with Crippen molar-refractivity contribution in [3.63, 3.8) is 0 Å². The number of hydrogen-bond acceptors (Lipinski definition) is 5. The summed E-state index contributed by atoms with van der Waals surface area (Å²) in [5.41, 5.74) is 8.57. The summed E-state index contributed by atoms with van der Waals surface area (Å²) < 4.78 is 2.93. The molecule has 9 heteroatoms. The second-order valence-electron chi connectivity index (χ2n) is 8.01. The van der Waals surface area contributed by atoms with Gasteiger partial charge >= 0.3 is 5.69 Å². The quantitative estimate of drug-likeness (QED) is 0.460. The number of H-pyrrole nitrogens is 1. The lowest BCUT2D eigenvalue weighted by Crippen LogP contribution is -2.41. The maximum Gasteiger partial charge on any atom is 0.330 e. The van der Waals surface area contributed by atoms with Crippen LogP contribution in [0.2, 0.25) is 0 Å². The zero-order valence-electron chi connectivity index (χ0n) is 19.3. The van der Waals surface area contributed by atoms with Gasteiger partial charge in [0.05, 0.1) is 29.7 Å². The van der Waals surface area contributed by atoms with Crippen LogP contribution in [0.5, 0.6) is 0 Å². The van der Waals surface area contributed by atoms with Crippen molar-refractivity contribution in [2.45, 2.75) is 27.3 Å². The summed E-state index contributed by atoms with van der Waals surface area (Å²) in [5.74, 6) is -0.502. The van der Waals surface area contributed by atoms with Gasteiger partial charge in [-0.25, -0.2) is 9.48 Å². The van der Waals surface area contributed by atoms with Crippen LogP contribution in [0.15, 0.2) is 70.4 Å². The summed E-state index contributed by atoms with van der Waals surface area (Å²) in [7, 11) is 0. The Balaban J connectivity index is 1.76. The number of aromatic amines is 1. The van der Waals surface area contributed by atoms with Crippen molar-refractivity contribution in [3.05, 3.63) is 104 Å². The predicted molar refractivity (Wildman–Crippen MR) is 132 cm³/mol. The van der Waals surface area contributed by atoms with Gasteiger partial charge in [0.15, 0.2) is 5.69 Å². The number of aromatic nitrogens is 4. The Labute approximate surface area is 196 Å². The second kappa shape index (κ2) is 9.22. The van der Waals surface area contributed by atoms with Gasteiger partial charge in [-0.2, -0.15) is 5.10 Å². The number of nitrogen functional groups attached to an aromatic ring is 1. The summed E-state index contributed by atoms with van der Waals surface area (Å²) in [6.07, 6.45) is 1.48. The van der Waals surface area contributed by atoms with Gasteiger partial charge < -0.3 is 10.6 Å². The molecular weight excluding hydrogens is 432 g/mol. The number of nitrogens with zero attached hydrogens (tertiary/aromatic N) is 4. The lowest BCUT2D eigenvalue weighted by Gasteiger charge is -2.23. The van der Waals surface area contributed by atoms with E-state index in [1.807, 2.05) is 61.5 Å². The molecule has 0 aliphatic rings. The number of aryl methyl sites for hydroxylation is 1. The molecule has 3 N–H and O–H groups in total. The summed E-state index contributed by atoms with van der Waals surface area (Å²) in [6.45, 7) is 5.84. The standard InChI is InChI=1S/C25H26N6O3/c1-4-29(24(33)20-14-27-31(17(20)3)19-12-8-9-16(2)13-19)21-22(26)30(25(34)28-23(21)32)15-18-10-6-5-7-11-18/h5-14H,4,15,26H2,1-3H3,(H,28,32,34). The van der Waals surface area contributed by atoms with Crippen LogP contribution in [-0.4, -0.2) is 31.8 Å². The highest BCUT2D eigenvalue weighted by atomic mass is 16.2. The van der Waals surface area contributed by atoms with Gasteiger partial charge in [0, 0.05) is 6.54 Å². The maximum atomic E-state index is 13.5. The molecule has 0 radical (unpaired) electrons. The molecule has 0 saturated carbocycles. The van der Waals surface area contributed by atoms with Crippen molar-refractivity contribution in [1.82, 2.24) is 19.3 Å². The molecule has 0 bridgehead atoms. The zero-order valence-corrected chi connectivity index (χ0v) is 19.3. The predicted octanol–water partition coefficient (Wildman–Crippen LogP) is 2.64. The summed E-state index contributed by atoms with van der Waals surface area (Å²) in [4.78, 5) is 42.4. The number of carbonyl (C=O) groups is 1. The minimum Gasteiger partial charge on any atom is -0.383 e. The Bertz CT molecular complexity index is 1470. The average molecular weight is 459 g/mol. The number of nitrogens with two attached hydrogens (primary N) is 1. The molecule has 0 atom stereocenters. The van der Waals surface area contributed by atoms with Crippen molar-refractivity contribution < 1.29 is 4.79 Å². The van der Waals surface area contributed by atoms with Crippen LogP contribution >= 0.6 is 0 Å². The molecule has 2 heterocycles. The van der Waals surface area contributed by atoms with E-state index < -0.39 is 17.2 Å². The number of hydrogen-bond donors (Lipinski definition) is 2. The fraction of sp³-hybridized carbons (Fsp3) is 0.200. The molecule has 9 nitrogen and oxygen atoms in total. The van der Waals surface area contributed by atoms with Crippen LogP contribution in [-0.2, 0) is 6.54 Å². The van der Waals surface area contributed by atoms with Gasteiger partial charge in [0.2, 0.25) is 0 Å². The second-order valence-corrected chi connectivity index (χ2v) is 8.01. The molecule has 0 saturated heterocycles. The summed E-state index contributed by atoms with van der Waals surface area (Å²) in [5, 5.41) is 4.39. The van der Waals surface area contributed by atoms with E-state index in [0.29, 0.717) is 11.3 Å². The molecule has 4 rings (SSSR count). The Hall–Kier alpha value is -4.40. The minimum atomic E-state index is -0.717. The van der Waals surface area contributed by atoms with Gasteiger partial charge in [0.25, 0.3) is 11.5 Å². The summed E-state index contributed by atoms with van der Waals surface area (Å²) >= 11 is 0. The van der Waals surface area contributed by atoms with E-state index in [-0.39, 0.29) is 24.6 Å². The smallest absolute Gasteiger partial charge is 0.330 e. The van der Waals surface area contributed by atoms with Crippen LogP contribution in [0.1, 0.15) is 34.1 Å². The number of anilines is 2. The lowest BCUT2D eigenvalue weighted by molar-refractivity contribution is 0.0987. The molecule has 0 aliphatic carbocycles. The van der Waals surface area contributed by atoms with E-state index >= 15 is 0 Å². The first-order chi connectivity index (χ1) is 16.3. The molecule has 0 unspecified atom stereocenters. The van der Waals surface area contributed by atoms with Crippen LogP contribution in [0, 0.1) is 13.8 Å². The van der Waals surface area contributed by atoms with Crippen molar-refractivity contribution >= 4 is 17.4 Å². The van der Waals surface area contributed by atoms with E-state index in [9.17, 15) is 14.4 Å². The third-order valence-corrected chi connectivity index (χ3v) is 5.72. The third kappa shape index (κ3) is 4.15. The third-order valence-electron chi connectivity index (χ3n) is 5.72. The Kier molecular flexibility index (Phi) is 6.18. The van der Waals surface area contributed by atoms with Crippen molar-refractivity contribution in [1.29, 1.82) is 0 Å². The van der Waals surface area contributed by atoms with Gasteiger partial charge in [0.1, 0.15) is 5.82 Å². The topological polar surface area (TPSA) is 119 Å². The van der Waals surface area contributed by atoms with E-state index in [4.69, 9.17) is 5.73 Å². The Morgan fingerprint density at radius 2 is 1.82 bits per heavy atom. The lowest BCUT2D eigenvalue weighted by atomic mass is 10.2. The number of carbonyl (C=O) groups excluding carboxylic acids is 1. The Morgan fingerprint density at radius 3 is 2.50 bits per heavy atom. The largest absolute Gasteiger partial charge is 0.383 e. The fourth-order valence-electron chi connectivity index (χ4n) is 3.95. The molecule has 2 aromatic carbocycles. The zero-order chi connectivity index (χ0) is 24.4. The fourth-order valence-corrected chi connectivity index (χ4v) is 3.95. The van der Waals surface area contributed by atoms with E-state index in [1.165, 1.54) is 15.7 Å². The normalized spacial score (nSPS) is 10.9. The van der Waals surface area contributed by atoms with Crippen LogP contribution in [0.3, 0.4) is 0 Å². The highest BCUT2D eigenvalue weighted by Crippen LogP contribution is 2.22. The van der Waals surface area contributed by atoms with Crippen LogP contribution in [0.4, 0.5) is 11.5 Å². The number of amides is 1. The average Bonchev–Trinajstić information content (AvgIpc) is 3.21. The molecule has 174 valence electrons. The molecule has 1 amide bonds. The molecule has 34 heavy (non-hydrogen) atoms. The van der Waals surface area contributed by atoms with Gasteiger partial charge in [-0.15, -0.1) is 0 Å². The minimum absolute atomic E-state index is 0.0641. The van der Waals surface area contributed by atoms with Crippen LogP contribution in [0.25, 0.3) is 5.69 Å². The van der Waals surface area contributed by atoms with Gasteiger partial charge in [-0.1, -0.05) is 42.5 Å². The van der Waals surface area contributed by atoms with Crippen LogP contribution < -0.4 is 21.9 Å². The highest BCUT2D eigenvalue weighted by molar-refractivity contribution is 6.07. The first kappa shape index (κ1) is 22.8. The number of rotatable bonds is 6. The maximum absolute atomic E-state index is 13.5. The van der Waals surface area contributed by atoms with Crippen molar-refractivity contribution in [2.24, 2.45) is 0 Å². The van der Waals surface area contributed by atoms with E-state index in [1.54, 1.807) is 18.5 Å². The van der Waals surface area contributed by atoms with Gasteiger partial charge in [-0.3, -0.25) is 19.1 Å². The first-order valence-electron chi connectivity index (χ1n) is 10.9. The van der Waals surface area contributed by atoms with E-state index in [0.717, 1.165) is 16.8 Å². The highest BCUT2D eigenvalue weighted by Gasteiger charge is 2.27. The van der Waals surface area contributed by atoms with E-state index in [2.05, 4.69) is 10.1 Å². The first-order valence-corrected chi connectivity index (χ1v) is 10.9. The van der Waals surface area contributed by atoms with Crippen molar-refractivity contribution in [3.8, 4) is 5.69 Å². The molecule has 0 aliphatic heterocycles. The monoisotopic (exact) mass is 458 g/mol. The Morgan fingerprint density at radius 1 is 1.09 bits per heavy atom. The number of nitrogens with one attached hydrogen (secondary N) is 1. The molecule has 2 aromatic heterocycles. The molecule has 0 fully saturated rings. The summed E-state index contributed by atoms with van der Waals surface area (Å²) in [6, 6.07) is 17.0. The molecule has 0 spiro atoms.